The Labute approximate surface area is 131 Å². The normalized spacial score (nSPS) is 10.0. The molecule has 120 valence electrons. The fourth-order valence-corrected chi connectivity index (χ4v) is 1.46. The van der Waals surface area contributed by atoms with Crippen LogP contribution in [0.25, 0.3) is 0 Å². The van der Waals surface area contributed by atoms with Crippen molar-refractivity contribution in [3.63, 3.8) is 0 Å². The van der Waals surface area contributed by atoms with Crippen LogP contribution < -0.4 is 4.74 Å². The van der Waals surface area contributed by atoms with Gasteiger partial charge in [0, 0.05) is 12.0 Å². The molecule has 0 saturated carbocycles. The molecule has 0 aliphatic heterocycles. The summed E-state index contributed by atoms with van der Waals surface area (Å²) in [7, 11) is 0. The van der Waals surface area contributed by atoms with Gasteiger partial charge in [-0.1, -0.05) is 30.9 Å². The SMILES string of the molecule is C=CCOCOC(=O)C(=C)CCOCCOc1ccccc1. The molecule has 22 heavy (non-hydrogen) atoms. The van der Waals surface area contributed by atoms with Crippen molar-refractivity contribution in [3.05, 3.63) is 55.1 Å². The van der Waals surface area contributed by atoms with E-state index in [1.54, 1.807) is 6.08 Å². The lowest BCUT2D eigenvalue weighted by Crippen LogP contribution is -2.13. The van der Waals surface area contributed by atoms with E-state index in [0.29, 0.717) is 38.4 Å². The third-order valence-corrected chi connectivity index (χ3v) is 2.59. The number of ether oxygens (including phenoxy) is 4. The van der Waals surface area contributed by atoms with Gasteiger partial charge in [0.15, 0.2) is 6.79 Å². The first-order chi connectivity index (χ1) is 10.7. The first-order valence-electron chi connectivity index (χ1n) is 7.03. The van der Waals surface area contributed by atoms with Crippen LogP contribution in [0.3, 0.4) is 0 Å². The predicted octanol–water partition coefficient (Wildman–Crippen LogP) is 2.73. The van der Waals surface area contributed by atoms with Gasteiger partial charge in [0.25, 0.3) is 0 Å². The lowest BCUT2D eigenvalue weighted by Gasteiger charge is -2.08. The van der Waals surface area contributed by atoms with Crippen LogP contribution in [-0.4, -0.2) is 39.2 Å². The number of rotatable bonds is 12. The van der Waals surface area contributed by atoms with E-state index in [-0.39, 0.29) is 6.79 Å². The van der Waals surface area contributed by atoms with Gasteiger partial charge in [-0.2, -0.15) is 0 Å². The second-order valence-electron chi connectivity index (χ2n) is 4.34. The molecule has 1 rings (SSSR count). The highest BCUT2D eigenvalue weighted by Crippen LogP contribution is 2.07. The zero-order chi connectivity index (χ0) is 16.0. The van der Waals surface area contributed by atoms with Gasteiger partial charge >= 0.3 is 5.97 Å². The monoisotopic (exact) mass is 306 g/mol. The molecular weight excluding hydrogens is 284 g/mol. The molecule has 1 aromatic rings. The van der Waals surface area contributed by atoms with Crippen LogP contribution in [0.2, 0.25) is 0 Å². The summed E-state index contributed by atoms with van der Waals surface area (Å²) in [6.45, 7) is 8.67. The average Bonchev–Trinajstić information content (AvgIpc) is 2.55. The second-order valence-corrected chi connectivity index (χ2v) is 4.34. The van der Waals surface area contributed by atoms with Crippen LogP contribution in [0.4, 0.5) is 0 Å². The second kappa shape index (κ2) is 11.5. The Morgan fingerprint density at radius 2 is 1.86 bits per heavy atom. The predicted molar refractivity (Wildman–Crippen MR) is 83.6 cm³/mol. The molecule has 5 nitrogen and oxygen atoms in total. The number of para-hydroxylation sites is 1. The molecule has 0 radical (unpaired) electrons. The topological polar surface area (TPSA) is 54.0 Å². The van der Waals surface area contributed by atoms with Gasteiger partial charge in [-0.3, -0.25) is 0 Å². The molecule has 0 saturated heterocycles. The molecule has 0 N–H and O–H groups in total. The maximum Gasteiger partial charge on any atom is 0.335 e. The number of benzene rings is 1. The number of carbonyl (C=O) groups excluding carboxylic acids is 1. The molecule has 0 aromatic heterocycles. The summed E-state index contributed by atoms with van der Waals surface area (Å²) in [5.41, 5.74) is 0.353. The van der Waals surface area contributed by atoms with Crippen molar-refractivity contribution in [2.45, 2.75) is 6.42 Å². The van der Waals surface area contributed by atoms with Gasteiger partial charge in [0.1, 0.15) is 12.4 Å². The minimum absolute atomic E-state index is 0.102. The Kier molecular flexibility index (Phi) is 9.41. The Morgan fingerprint density at radius 3 is 2.59 bits per heavy atom. The number of hydrogen-bond donors (Lipinski definition) is 0. The first kappa shape index (κ1) is 17.9. The van der Waals surface area contributed by atoms with Gasteiger partial charge in [-0.15, -0.1) is 6.58 Å². The summed E-state index contributed by atoms with van der Waals surface area (Å²) in [5, 5.41) is 0. The number of carbonyl (C=O) groups is 1. The van der Waals surface area contributed by atoms with Crippen LogP contribution >= 0.6 is 0 Å². The van der Waals surface area contributed by atoms with Crippen LogP contribution in [-0.2, 0) is 19.0 Å². The Balaban J connectivity index is 2.00. The third-order valence-electron chi connectivity index (χ3n) is 2.59. The molecule has 1 aromatic carbocycles. The van der Waals surface area contributed by atoms with Crippen molar-refractivity contribution >= 4 is 5.97 Å². The summed E-state index contributed by atoms with van der Waals surface area (Å²) in [6, 6.07) is 9.50. The van der Waals surface area contributed by atoms with Crippen molar-refractivity contribution in [1.82, 2.24) is 0 Å². The fourth-order valence-electron chi connectivity index (χ4n) is 1.46. The van der Waals surface area contributed by atoms with Crippen LogP contribution in [0, 0.1) is 0 Å². The van der Waals surface area contributed by atoms with Crippen LogP contribution in [0.1, 0.15) is 6.42 Å². The van der Waals surface area contributed by atoms with E-state index in [9.17, 15) is 4.79 Å². The zero-order valence-corrected chi connectivity index (χ0v) is 12.7. The number of esters is 1. The van der Waals surface area contributed by atoms with E-state index in [1.807, 2.05) is 30.3 Å². The highest BCUT2D eigenvalue weighted by Gasteiger charge is 2.08. The Morgan fingerprint density at radius 1 is 1.09 bits per heavy atom. The molecule has 0 bridgehead atoms. The summed E-state index contributed by atoms with van der Waals surface area (Å²) >= 11 is 0. The minimum atomic E-state index is -0.479. The third kappa shape index (κ3) is 8.24. The molecule has 0 fully saturated rings. The van der Waals surface area contributed by atoms with E-state index < -0.39 is 5.97 Å². The average molecular weight is 306 g/mol. The van der Waals surface area contributed by atoms with Gasteiger partial charge in [0.2, 0.25) is 0 Å². The van der Waals surface area contributed by atoms with Crippen molar-refractivity contribution in [1.29, 1.82) is 0 Å². The summed E-state index contributed by atoms with van der Waals surface area (Å²) in [5.74, 6) is 0.326. The molecule has 0 aliphatic carbocycles. The largest absolute Gasteiger partial charge is 0.491 e. The Bertz CT molecular complexity index is 455. The van der Waals surface area contributed by atoms with E-state index >= 15 is 0 Å². The fraction of sp³-hybridized carbons (Fsp3) is 0.353. The van der Waals surface area contributed by atoms with E-state index in [4.69, 9.17) is 18.9 Å². The summed E-state index contributed by atoms with van der Waals surface area (Å²) in [6.07, 6.45) is 1.99. The van der Waals surface area contributed by atoms with Crippen molar-refractivity contribution in [2.24, 2.45) is 0 Å². The van der Waals surface area contributed by atoms with Crippen molar-refractivity contribution < 1.29 is 23.7 Å². The lowest BCUT2D eigenvalue weighted by atomic mass is 10.2. The van der Waals surface area contributed by atoms with E-state index in [0.717, 1.165) is 5.75 Å². The van der Waals surface area contributed by atoms with E-state index in [1.165, 1.54) is 0 Å². The maximum absolute atomic E-state index is 11.5. The molecule has 0 heterocycles. The molecular formula is C17H22O5. The first-order valence-corrected chi connectivity index (χ1v) is 7.03. The van der Waals surface area contributed by atoms with Crippen LogP contribution in [0.15, 0.2) is 55.1 Å². The van der Waals surface area contributed by atoms with Gasteiger partial charge in [-0.05, 0) is 12.1 Å². The zero-order valence-electron chi connectivity index (χ0n) is 12.7. The Hall–Kier alpha value is -2.11. The highest BCUT2D eigenvalue weighted by atomic mass is 16.7. The lowest BCUT2D eigenvalue weighted by molar-refractivity contribution is -0.150. The van der Waals surface area contributed by atoms with Crippen molar-refractivity contribution in [2.75, 3.05) is 33.2 Å². The quantitative estimate of drug-likeness (QED) is 0.195. The summed E-state index contributed by atoms with van der Waals surface area (Å²) < 4.78 is 20.7. The van der Waals surface area contributed by atoms with Crippen LogP contribution in [0.5, 0.6) is 5.75 Å². The molecule has 0 unspecified atom stereocenters. The van der Waals surface area contributed by atoms with Gasteiger partial charge < -0.3 is 18.9 Å². The molecule has 5 heteroatoms. The summed E-state index contributed by atoms with van der Waals surface area (Å²) in [4.78, 5) is 11.5. The smallest absolute Gasteiger partial charge is 0.335 e. The molecule has 0 amide bonds. The molecule has 0 spiro atoms. The van der Waals surface area contributed by atoms with Crippen molar-refractivity contribution in [3.8, 4) is 5.75 Å². The van der Waals surface area contributed by atoms with E-state index in [2.05, 4.69) is 13.2 Å². The van der Waals surface area contributed by atoms with Gasteiger partial charge in [0.05, 0.1) is 19.8 Å². The maximum atomic E-state index is 11.5. The molecule has 0 aliphatic rings. The molecule has 0 atom stereocenters. The highest BCUT2D eigenvalue weighted by molar-refractivity contribution is 5.87. The number of hydrogen-bond acceptors (Lipinski definition) is 5. The minimum Gasteiger partial charge on any atom is -0.491 e. The van der Waals surface area contributed by atoms with Gasteiger partial charge in [-0.25, -0.2) is 4.79 Å². The standard InChI is InChI=1S/C17H22O5/c1-3-10-20-14-22-17(18)15(2)9-11-19-12-13-21-16-7-5-4-6-8-16/h3-8H,1-2,9-14H2.